The molecule has 0 saturated heterocycles. The van der Waals surface area contributed by atoms with Crippen molar-refractivity contribution in [2.75, 3.05) is 5.75 Å². The molecule has 1 fully saturated rings. The quantitative estimate of drug-likeness (QED) is 0.621. The molecule has 0 radical (unpaired) electrons. The third-order valence-electron chi connectivity index (χ3n) is 4.30. The van der Waals surface area contributed by atoms with E-state index in [4.69, 9.17) is 0 Å². The number of thiophene rings is 1. The highest BCUT2D eigenvalue weighted by molar-refractivity contribution is 7.99. The van der Waals surface area contributed by atoms with Gasteiger partial charge in [-0.25, -0.2) is 0 Å². The molecule has 0 aliphatic heterocycles. The molecule has 7 heteroatoms. The van der Waals surface area contributed by atoms with Crippen LogP contribution in [-0.2, 0) is 4.79 Å². The maximum absolute atomic E-state index is 12.3. The fraction of sp³-hybridized carbons (Fsp3) is 0.316. The number of nitrogens with one attached hydrogen (secondary N) is 1. The molecule has 1 N–H and O–H groups in total. The van der Waals surface area contributed by atoms with E-state index in [1.165, 1.54) is 11.8 Å². The van der Waals surface area contributed by atoms with Crippen LogP contribution < -0.4 is 5.32 Å². The van der Waals surface area contributed by atoms with Crippen molar-refractivity contribution in [2.45, 2.75) is 36.9 Å². The number of hydrogen-bond donors (Lipinski definition) is 1. The van der Waals surface area contributed by atoms with Crippen molar-refractivity contribution in [3.63, 3.8) is 0 Å². The lowest BCUT2D eigenvalue weighted by atomic mass is 10.3. The van der Waals surface area contributed by atoms with Crippen LogP contribution in [0, 0.1) is 0 Å². The van der Waals surface area contributed by atoms with Crippen molar-refractivity contribution in [2.24, 2.45) is 0 Å². The summed E-state index contributed by atoms with van der Waals surface area (Å²) in [4.78, 5) is 13.5. The molecule has 2 aromatic heterocycles. The molecule has 3 aromatic rings. The van der Waals surface area contributed by atoms with Gasteiger partial charge in [-0.1, -0.05) is 36.0 Å². The zero-order valence-corrected chi connectivity index (χ0v) is 16.1. The van der Waals surface area contributed by atoms with Gasteiger partial charge in [0.25, 0.3) is 0 Å². The van der Waals surface area contributed by atoms with Crippen molar-refractivity contribution in [1.29, 1.82) is 0 Å². The predicted molar refractivity (Wildman–Crippen MR) is 105 cm³/mol. The first kappa shape index (κ1) is 17.3. The second-order valence-corrected chi connectivity index (χ2v) is 8.30. The Bertz CT molecular complexity index is 872. The fourth-order valence-electron chi connectivity index (χ4n) is 2.82. The second-order valence-electron chi connectivity index (χ2n) is 6.38. The Labute approximate surface area is 160 Å². The molecule has 1 aromatic carbocycles. The van der Waals surface area contributed by atoms with Crippen molar-refractivity contribution < 1.29 is 4.79 Å². The van der Waals surface area contributed by atoms with Crippen LogP contribution in [0.25, 0.3) is 5.69 Å². The van der Waals surface area contributed by atoms with E-state index in [9.17, 15) is 4.79 Å². The lowest BCUT2D eigenvalue weighted by molar-refractivity contribution is -0.119. The van der Waals surface area contributed by atoms with Crippen molar-refractivity contribution in [1.82, 2.24) is 20.1 Å². The summed E-state index contributed by atoms with van der Waals surface area (Å²) in [5.74, 6) is 1.83. The molecule has 0 spiro atoms. The fourth-order valence-corrected chi connectivity index (χ4v) is 4.33. The Morgan fingerprint density at radius 1 is 1.27 bits per heavy atom. The lowest BCUT2D eigenvalue weighted by Crippen LogP contribution is -2.27. The number of amides is 1. The Hall–Kier alpha value is -2.12. The largest absolute Gasteiger partial charge is 0.348 e. The summed E-state index contributed by atoms with van der Waals surface area (Å²) >= 11 is 3.09. The molecule has 26 heavy (non-hydrogen) atoms. The SMILES string of the molecule is CC(NC(=O)CSc1nnc(C2CC2)n1-c1ccccc1)c1cccs1. The van der Waals surface area contributed by atoms with E-state index < -0.39 is 0 Å². The van der Waals surface area contributed by atoms with Crippen LogP contribution in [0.15, 0.2) is 53.0 Å². The Morgan fingerprint density at radius 3 is 2.77 bits per heavy atom. The Balaban J connectivity index is 1.46. The summed E-state index contributed by atoms with van der Waals surface area (Å²) in [6.45, 7) is 2.01. The number of aromatic nitrogens is 3. The highest BCUT2D eigenvalue weighted by Crippen LogP contribution is 2.41. The van der Waals surface area contributed by atoms with Gasteiger partial charge in [0.05, 0.1) is 11.8 Å². The maximum Gasteiger partial charge on any atom is 0.230 e. The predicted octanol–water partition coefficient (Wildman–Crippen LogP) is 4.18. The Morgan fingerprint density at radius 2 is 2.08 bits per heavy atom. The monoisotopic (exact) mass is 384 g/mol. The number of benzene rings is 1. The van der Waals surface area contributed by atoms with Gasteiger partial charge < -0.3 is 5.32 Å². The summed E-state index contributed by atoms with van der Waals surface area (Å²) in [6.07, 6.45) is 2.32. The first-order valence-electron chi connectivity index (χ1n) is 8.68. The van der Waals surface area contributed by atoms with Crippen molar-refractivity contribution in [3.8, 4) is 5.69 Å². The van der Waals surface area contributed by atoms with E-state index in [1.807, 2.05) is 42.6 Å². The van der Waals surface area contributed by atoms with Crippen LogP contribution in [0.4, 0.5) is 0 Å². The summed E-state index contributed by atoms with van der Waals surface area (Å²) in [5.41, 5.74) is 1.05. The molecule has 4 rings (SSSR count). The first-order valence-corrected chi connectivity index (χ1v) is 10.5. The number of carbonyl (C=O) groups is 1. The topological polar surface area (TPSA) is 59.8 Å². The summed E-state index contributed by atoms with van der Waals surface area (Å²) in [6, 6.07) is 14.2. The molecule has 1 saturated carbocycles. The van der Waals surface area contributed by atoms with Gasteiger partial charge in [0.15, 0.2) is 5.16 Å². The highest BCUT2D eigenvalue weighted by Gasteiger charge is 2.31. The smallest absolute Gasteiger partial charge is 0.230 e. The van der Waals surface area contributed by atoms with Gasteiger partial charge in [-0.3, -0.25) is 9.36 Å². The highest BCUT2D eigenvalue weighted by atomic mass is 32.2. The molecule has 1 atom stereocenters. The Kier molecular flexibility index (Phi) is 5.08. The van der Waals surface area contributed by atoms with Gasteiger partial charge in [-0.15, -0.1) is 21.5 Å². The number of para-hydroxylation sites is 1. The van der Waals surface area contributed by atoms with E-state index in [-0.39, 0.29) is 11.9 Å². The number of hydrogen-bond acceptors (Lipinski definition) is 5. The number of thioether (sulfide) groups is 1. The number of rotatable bonds is 7. The lowest BCUT2D eigenvalue weighted by Gasteiger charge is -2.12. The summed E-state index contributed by atoms with van der Waals surface area (Å²) in [5, 5.41) is 14.6. The van der Waals surface area contributed by atoms with Gasteiger partial charge in [0.1, 0.15) is 5.82 Å². The van der Waals surface area contributed by atoms with Crippen molar-refractivity contribution in [3.05, 3.63) is 58.5 Å². The van der Waals surface area contributed by atoms with Crippen LogP contribution >= 0.6 is 23.1 Å². The van der Waals surface area contributed by atoms with E-state index in [1.54, 1.807) is 11.3 Å². The molecule has 1 aliphatic rings. The molecule has 134 valence electrons. The molecule has 1 aliphatic carbocycles. The zero-order valence-electron chi connectivity index (χ0n) is 14.5. The third kappa shape index (κ3) is 3.83. The van der Waals surface area contributed by atoms with Crippen LogP contribution in [0.1, 0.15) is 42.4 Å². The van der Waals surface area contributed by atoms with E-state index in [2.05, 4.69) is 32.2 Å². The molecule has 1 unspecified atom stereocenters. The minimum atomic E-state index is 0.00600. The molecular weight excluding hydrogens is 364 g/mol. The molecule has 0 bridgehead atoms. The standard InChI is InChI=1S/C19H20N4OS2/c1-13(16-8-5-11-25-16)20-17(24)12-26-19-22-21-18(14-9-10-14)23(19)15-6-3-2-4-7-15/h2-8,11,13-14H,9-10,12H2,1H3,(H,20,24). The maximum atomic E-state index is 12.3. The average Bonchev–Trinajstić information content (AvgIpc) is 3.19. The van der Waals surface area contributed by atoms with Gasteiger partial charge in [-0.2, -0.15) is 0 Å². The van der Waals surface area contributed by atoms with Crippen molar-refractivity contribution >= 4 is 29.0 Å². The molecular formula is C19H20N4OS2. The summed E-state index contributed by atoms with van der Waals surface area (Å²) < 4.78 is 2.10. The second kappa shape index (κ2) is 7.63. The summed E-state index contributed by atoms with van der Waals surface area (Å²) in [7, 11) is 0. The minimum absolute atomic E-state index is 0.00600. The average molecular weight is 385 g/mol. The van der Waals surface area contributed by atoms with Crippen LogP contribution in [-0.4, -0.2) is 26.4 Å². The molecule has 2 heterocycles. The van der Waals surface area contributed by atoms with Gasteiger partial charge >= 0.3 is 0 Å². The van der Waals surface area contributed by atoms with Gasteiger partial charge in [0, 0.05) is 16.5 Å². The number of nitrogens with zero attached hydrogens (tertiary/aromatic N) is 3. The van der Waals surface area contributed by atoms with E-state index >= 15 is 0 Å². The number of carbonyl (C=O) groups excluding carboxylic acids is 1. The van der Waals surface area contributed by atoms with Gasteiger partial charge in [0.2, 0.25) is 5.91 Å². The first-order chi connectivity index (χ1) is 12.7. The molecule has 1 amide bonds. The van der Waals surface area contributed by atoms with Crippen LogP contribution in [0.2, 0.25) is 0 Å². The van der Waals surface area contributed by atoms with Crippen LogP contribution in [0.5, 0.6) is 0 Å². The zero-order chi connectivity index (χ0) is 17.9. The van der Waals surface area contributed by atoms with E-state index in [0.717, 1.165) is 34.4 Å². The van der Waals surface area contributed by atoms with Crippen LogP contribution in [0.3, 0.4) is 0 Å². The molecule has 5 nitrogen and oxygen atoms in total. The minimum Gasteiger partial charge on any atom is -0.348 e. The normalized spacial score (nSPS) is 15.0. The third-order valence-corrected chi connectivity index (χ3v) is 6.28. The van der Waals surface area contributed by atoms with E-state index in [0.29, 0.717) is 11.7 Å². The van der Waals surface area contributed by atoms with Gasteiger partial charge in [-0.05, 0) is 43.3 Å².